The van der Waals surface area contributed by atoms with Crippen LogP contribution in [0.4, 0.5) is 17.5 Å². The fourth-order valence-electron chi connectivity index (χ4n) is 4.88. The number of hydrogen-bond acceptors (Lipinski definition) is 7. The zero-order valence-electron chi connectivity index (χ0n) is 20.1. The van der Waals surface area contributed by atoms with E-state index in [0.717, 1.165) is 54.7 Å². The van der Waals surface area contributed by atoms with E-state index in [2.05, 4.69) is 67.8 Å². The molecule has 5 aliphatic heterocycles. The molecule has 7 heterocycles. The van der Waals surface area contributed by atoms with Gasteiger partial charge in [0.1, 0.15) is 5.82 Å². The Morgan fingerprint density at radius 1 is 0.941 bits per heavy atom. The third kappa shape index (κ3) is 6.10. The summed E-state index contributed by atoms with van der Waals surface area (Å²) in [5.41, 5.74) is 4.18. The van der Waals surface area contributed by atoms with Crippen LogP contribution in [0.2, 0.25) is 0 Å². The van der Waals surface area contributed by atoms with Crippen molar-refractivity contribution >= 4 is 17.5 Å². The molecule has 1 aromatic carbocycles. The Labute approximate surface area is 202 Å². The summed E-state index contributed by atoms with van der Waals surface area (Å²) >= 11 is 0. The topological polar surface area (TPSA) is 69.2 Å². The molecule has 0 radical (unpaired) electrons. The Kier molecular flexibility index (Phi) is 7.31. The molecule has 1 saturated heterocycles. The van der Waals surface area contributed by atoms with Crippen molar-refractivity contribution in [1.82, 2.24) is 24.8 Å². The van der Waals surface area contributed by atoms with Crippen LogP contribution in [0, 0.1) is 5.92 Å². The molecule has 7 heteroatoms. The van der Waals surface area contributed by atoms with Crippen molar-refractivity contribution in [2.45, 2.75) is 32.2 Å². The van der Waals surface area contributed by atoms with Crippen LogP contribution in [-0.2, 0) is 6.54 Å². The van der Waals surface area contributed by atoms with Gasteiger partial charge in [-0.25, -0.2) is 15.0 Å². The van der Waals surface area contributed by atoms with E-state index in [9.17, 15) is 0 Å². The summed E-state index contributed by atoms with van der Waals surface area (Å²) in [4.78, 5) is 18.8. The molecule has 1 fully saturated rings. The van der Waals surface area contributed by atoms with Gasteiger partial charge in [0.05, 0.1) is 5.69 Å². The number of nitrogens with one attached hydrogen (secondary N) is 2. The minimum atomic E-state index is 0.597. The Morgan fingerprint density at radius 3 is 2.68 bits per heavy atom. The minimum absolute atomic E-state index is 0.597. The SMILES string of the molecule is CN1CCCNc2ccc(cn2)-c2ccnc(n2)Nc2cccc(c2)CN2CCC(CC1)CC2. The maximum atomic E-state index is 4.72. The van der Waals surface area contributed by atoms with Gasteiger partial charge in [0.25, 0.3) is 0 Å². The fraction of sp³-hybridized carbons (Fsp3) is 0.444. The average Bonchev–Trinajstić information content (AvgIpc) is 2.86. The predicted molar refractivity (Wildman–Crippen MR) is 138 cm³/mol. The maximum absolute atomic E-state index is 4.72. The smallest absolute Gasteiger partial charge is 0.227 e. The Balaban J connectivity index is 1.35. The molecule has 5 aliphatic rings. The third-order valence-corrected chi connectivity index (χ3v) is 6.95. The molecule has 0 spiro atoms. The fourth-order valence-corrected chi connectivity index (χ4v) is 4.88. The van der Waals surface area contributed by atoms with E-state index in [4.69, 9.17) is 4.98 Å². The first-order valence-corrected chi connectivity index (χ1v) is 12.5. The van der Waals surface area contributed by atoms with Crippen LogP contribution < -0.4 is 10.6 Å². The first-order chi connectivity index (χ1) is 16.7. The molecule has 2 N–H and O–H groups in total. The minimum Gasteiger partial charge on any atom is -0.370 e. The third-order valence-electron chi connectivity index (χ3n) is 6.95. The van der Waals surface area contributed by atoms with Crippen molar-refractivity contribution in [2.75, 3.05) is 50.4 Å². The largest absolute Gasteiger partial charge is 0.370 e. The van der Waals surface area contributed by atoms with E-state index in [1.165, 1.54) is 44.5 Å². The summed E-state index contributed by atoms with van der Waals surface area (Å²) in [6.07, 6.45) is 8.69. The maximum Gasteiger partial charge on any atom is 0.227 e. The van der Waals surface area contributed by atoms with Gasteiger partial charge in [-0.1, -0.05) is 12.1 Å². The second kappa shape index (κ2) is 10.9. The van der Waals surface area contributed by atoms with E-state index < -0.39 is 0 Å². The summed E-state index contributed by atoms with van der Waals surface area (Å²) in [5, 5.41) is 6.84. The van der Waals surface area contributed by atoms with Crippen LogP contribution in [0.1, 0.15) is 31.2 Å². The second-order valence-corrected chi connectivity index (χ2v) is 9.61. The summed E-state index contributed by atoms with van der Waals surface area (Å²) in [5.74, 6) is 2.35. The number of rotatable bonds is 0. The first-order valence-electron chi connectivity index (χ1n) is 12.5. The van der Waals surface area contributed by atoms with Crippen molar-refractivity contribution in [1.29, 1.82) is 0 Å². The molecule has 3 aromatic rings. The number of pyridine rings is 1. The van der Waals surface area contributed by atoms with Crippen molar-refractivity contribution in [2.24, 2.45) is 5.92 Å². The van der Waals surface area contributed by atoms with Crippen molar-refractivity contribution < 1.29 is 0 Å². The van der Waals surface area contributed by atoms with Gasteiger partial charge in [-0.3, -0.25) is 4.90 Å². The van der Waals surface area contributed by atoms with Crippen molar-refractivity contribution in [3.05, 3.63) is 60.4 Å². The molecule has 7 nitrogen and oxygen atoms in total. The highest BCUT2D eigenvalue weighted by Gasteiger charge is 2.19. The van der Waals surface area contributed by atoms with E-state index in [-0.39, 0.29) is 0 Å². The number of aromatic nitrogens is 3. The van der Waals surface area contributed by atoms with Gasteiger partial charge in [-0.2, -0.15) is 0 Å². The van der Waals surface area contributed by atoms with Gasteiger partial charge in [0, 0.05) is 36.7 Å². The molecule has 34 heavy (non-hydrogen) atoms. The highest BCUT2D eigenvalue weighted by atomic mass is 15.1. The normalized spacial score (nSPS) is 22.0. The van der Waals surface area contributed by atoms with Crippen LogP contribution in [0.5, 0.6) is 0 Å². The molecule has 0 unspecified atom stereocenters. The lowest BCUT2D eigenvalue weighted by molar-refractivity contribution is 0.162. The summed E-state index contributed by atoms with van der Waals surface area (Å²) in [6, 6.07) is 14.6. The second-order valence-electron chi connectivity index (χ2n) is 9.61. The Hall–Kier alpha value is -3.03. The highest BCUT2D eigenvalue weighted by molar-refractivity contribution is 5.62. The molecule has 0 amide bonds. The van der Waals surface area contributed by atoms with Gasteiger partial charge in [-0.15, -0.1) is 0 Å². The number of benzene rings is 1. The first kappa shape index (κ1) is 22.7. The molecule has 0 atom stereocenters. The molecular weight excluding hydrogens is 422 g/mol. The predicted octanol–water partition coefficient (Wildman–Crippen LogP) is 4.63. The number of piperidine rings is 1. The lowest BCUT2D eigenvalue weighted by Crippen LogP contribution is -2.34. The highest BCUT2D eigenvalue weighted by Crippen LogP contribution is 2.24. The average molecular weight is 458 g/mol. The summed E-state index contributed by atoms with van der Waals surface area (Å²) < 4.78 is 0. The van der Waals surface area contributed by atoms with E-state index in [0.29, 0.717) is 5.95 Å². The van der Waals surface area contributed by atoms with E-state index >= 15 is 0 Å². The number of anilines is 3. The van der Waals surface area contributed by atoms with Crippen LogP contribution in [0.25, 0.3) is 11.3 Å². The molecule has 0 aliphatic carbocycles. The standard InChI is InChI=1S/C27H35N7/c1-33-14-3-12-28-26-7-6-23(19-30-26)25-8-13-29-27(32-25)31-24-5-2-4-22(18-24)20-34-16-10-21(9-15-33)11-17-34/h2,4-8,13,18-19,21H,3,9-12,14-17,20H2,1H3,(H,28,30)(H,29,31,32). The lowest BCUT2D eigenvalue weighted by atomic mass is 9.93. The quantitative estimate of drug-likeness (QED) is 0.510. The summed E-state index contributed by atoms with van der Waals surface area (Å²) in [6.45, 7) is 6.59. The molecule has 8 rings (SSSR count). The number of nitrogens with zero attached hydrogens (tertiary/aromatic N) is 5. The van der Waals surface area contributed by atoms with Gasteiger partial charge < -0.3 is 15.5 Å². The molecular formula is C27H35N7. The number of hydrogen-bond donors (Lipinski definition) is 2. The van der Waals surface area contributed by atoms with E-state index in [1.807, 2.05) is 18.3 Å². The van der Waals surface area contributed by atoms with Gasteiger partial charge in [0.15, 0.2) is 0 Å². The summed E-state index contributed by atoms with van der Waals surface area (Å²) in [7, 11) is 2.25. The van der Waals surface area contributed by atoms with Crippen LogP contribution in [0.3, 0.4) is 0 Å². The molecule has 2 aromatic heterocycles. The van der Waals surface area contributed by atoms with Gasteiger partial charge in [-0.05, 0) is 101 Å². The molecule has 8 bridgehead atoms. The van der Waals surface area contributed by atoms with Crippen molar-refractivity contribution in [3.63, 3.8) is 0 Å². The van der Waals surface area contributed by atoms with Crippen LogP contribution in [0.15, 0.2) is 54.9 Å². The molecule has 0 saturated carbocycles. The lowest BCUT2D eigenvalue weighted by Gasteiger charge is -2.32. The zero-order chi connectivity index (χ0) is 23.2. The van der Waals surface area contributed by atoms with Crippen molar-refractivity contribution in [3.8, 4) is 11.3 Å². The monoisotopic (exact) mass is 457 g/mol. The Bertz CT molecular complexity index is 1060. The van der Waals surface area contributed by atoms with Gasteiger partial charge >= 0.3 is 0 Å². The van der Waals surface area contributed by atoms with Gasteiger partial charge in [0.2, 0.25) is 5.95 Å². The molecule has 178 valence electrons. The van der Waals surface area contributed by atoms with Crippen LogP contribution >= 0.6 is 0 Å². The van der Waals surface area contributed by atoms with Crippen LogP contribution in [-0.4, -0.2) is 64.5 Å². The van der Waals surface area contributed by atoms with E-state index in [1.54, 1.807) is 6.20 Å². The Morgan fingerprint density at radius 2 is 1.82 bits per heavy atom. The zero-order valence-corrected chi connectivity index (χ0v) is 20.1.